The molecule has 0 aliphatic rings. The SMILES string of the molecule is O=C(COCCOCC(=O)Nc1ccccc1)NCCO. The standard InChI is InChI=1S/C14H20N2O5/c17-7-6-15-13(18)10-20-8-9-21-11-14(19)16-12-4-2-1-3-5-12/h1-5,17H,6-11H2,(H,15,18)(H,16,19). The van der Waals surface area contributed by atoms with E-state index in [1.165, 1.54) is 0 Å². The third-order valence-electron chi connectivity index (χ3n) is 2.33. The lowest BCUT2D eigenvalue weighted by atomic mass is 10.3. The molecule has 21 heavy (non-hydrogen) atoms. The van der Waals surface area contributed by atoms with E-state index in [1.807, 2.05) is 18.2 Å². The fraction of sp³-hybridized carbons (Fsp3) is 0.429. The van der Waals surface area contributed by atoms with E-state index in [4.69, 9.17) is 14.6 Å². The molecule has 116 valence electrons. The molecule has 1 rings (SSSR count). The number of anilines is 1. The van der Waals surface area contributed by atoms with Gasteiger partial charge in [-0.05, 0) is 12.1 Å². The molecule has 0 spiro atoms. The third kappa shape index (κ3) is 8.74. The van der Waals surface area contributed by atoms with E-state index in [1.54, 1.807) is 12.1 Å². The fourth-order valence-electron chi connectivity index (χ4n) is 1.41. The first-order valence-electron chi connectivity index (χ1n) is 6.60. The zero-order valence-corrected chi connectivity index (χ0v) is 11.7. The van der Waals surface area contributed by atoms with E-state index in [0.717, 1.165) is 0 Å². The van der Waals surface area contributed by atoms with Gasteiger partial charge in [-0.2, -0.15) is 0 Å². The molecule has 0 saturated heterocycles. The van der Waals surface area contributed by atoms with Gasteiger partial charge < -0.3 is 25.2 Å². The molecule has 1 aromatic rings. The number of carbonyl (C=O) groups excluding carboxylic acids is 2. The van der Waals surface area contributed by atoms with Gasteiger partial charge in [0.1, 0.15) is 13.2 Å². The summed E-state index contributed by atoms with van der Waals surface area (Å²) in [6, 6.07) is 9.08. The zero-order chi connectivity index (χ0) is 15.3. The molecule has 0 aromatic heterocycles. The van der Waals surface area contributed by atoms with Crippen LogP contribution in [0, 0.1) is 0 Å². The maximum Gasteiger partial charge on any atom is 0.250 e. The maximum atomic E-state index is 11.5. The van der Waals surface area contributed by atoms with Gasteiger partial charge in [-0.15, -0.1) is 0 Å². The van der Waals surface area contributed by atoms with Crippen molar-refractivity contribution in [3.8, 4) is 0 Å². The van der Waals surface area contributed by atoms with Crippen molar-refractivity contribution in [1.29, 1.82) is 0 Å². The quantitative estimate of drug-likeness (QED) is 0.518. The second kappa shape index (κ2) is 10.8. The molecule has 0 saturated carbocycles. The van der Waals surface area contributed by atoms with Crippen molar-refractivity contribution >= 4 is 17.5 Å². The van der Waals surface area contributed by atoms with Gasteiger partial charge in [-0.25, -0.2) is 0 Å². The van der Waals surface area contributed by atoms with E-state index >= 15 is 0 Å². The number of rotatable bonds is 10. The lowest BCUT2D eigenvalue weighted by molar-refractivity contribution is -0.127. The summed E-state index contributed by atoms with van der Waals surface area (Å²) in [5.74, 6) is -0.548. The molecule has 0 fully saturated rings. The average molecular weight is 296 g/mol. The van der Waals surface area contributed by atoms with Gasteiger partial charge >= 0.3 is 0 Å². The number of benzene rings is 1. The van der Waals surface area contributed by atoms with Gasteiger partial charge in [0.15, 0.2) is 0 Å². The Morgan fingerprint density at radius 3 is 2.24 bits per heavy atom. The maximum absolute atomic E-state index is 11.5. The Bertz CT molecular complexity index is 425. The van der Waals surface area contributed by atoms with Crippen LogP contribution in [-0.4, -0.2) is 56.5 Å². The van der Waals surface area contributed by atoms with Crippen LogP contribution in [0.1, 0.15) is 0 Å². The van der Waals surface area contributed by atoms with Gasteiger partial charge in [0.2, 0.25) is 11.8 Å². The van der Waals surface area contributed by atoms with Crippen LogP contribution < -0.4 is 10.6 Å². The van der Waals surface area contributed by atoms with Crippen molar-refractivity contribution in [3.05, 3.63) is 30.3 Å². The lowest BCUT2D eigenvalue weighted by Crippen LogP contribution is -2.30. The first-order valence-corrected chi connectivity index (χ1v) is 6.60. The largest absolute Gasteiger partial charge is 0.395 e. The van der Waals surface area contributed by atoms with Gasteiger partial charge in [0.25, 0.3) is 0 Å². The summed E-state index contributed by atoms with van der Waals surface area (Å²) in [5, 5.41) is 13.6. The van der Waals surface area contributed by atoms with Crippen LogP contribution in [0.25, 0.3) is 0 Å². The van der Waals surface area contributed by atoms with Crippen LogP contribution >= 0.6 is 0 Å². The Morgan fingerprint density at radius 2 is 1.62 bits per heavy atom. The molecule has 0 unspecified atom stereocenters. The number of carbonyl (C=O) groups is 2. The van der Waals surface area contributed by atoms with Crippen LogP contribution in [0.3, 0.4) is 0 Å². The number of hydrogen-bond acceptors (Lipinski definition) is 5. The highest BCUT2D eigenvalue weighted by molar-refractivity contribution is 5.91. The summed E-state index contributed by atoms with van der Waals surface area (Å²) in [6.45, 7) is 0.360. The summed E-state index contributed by atoms with van der Waals surface area (Å²) in [7, 11) is 0. The third-order valence-corrected chi connectivity index (χ3v) is 2.33. The van der Waals surface area contributed by atoms with E-state index in [9.17, 15) is 9.59 Å². The zero-order valence-electron chi connectivity index (χ0n) is 11.7. The number of hydrogen-bond donors (Lipinski definition) is 3. The number of aliphatic hydroxyl groups excluding tert-OH is 1. The lowest BCUT2D eigenvalue weighted by Gasteiger charge is -2.07. The molecule has 0 aliphatic carbocycles. The number of ether oxygens (including phenoxy) is 2. The van der Waals surface area contributed by atoms with Crippen molar-refractivity contribution in [2.24, 2.45) is 0 Å². The first-order chi connectivity index (χ1) is 10.2. The Balaban J connectivity index is 1.99. The second-order valence-corrected chi connectivity index (χ2v) is 4.09. The molecule has 7 nitrogen and oxygen atoms in total. The van der Waals surface area contributed by atoms with Crippen molar-refractivity contribution in [2.75, 3.05) is 44.9 Å². The number of para-hydroxylation sites is 1. The summed E-state index contributed by atoms with van der Waals surface area (Å²) < 4.78 is 10.2. The molecule has 0 bridgehead atoms. The number of nitrogens with one attached hydrogen (secondary N) is 2. The predicted molar refractivity (Wildman–Crippen MR) is 76.8 cm³/mol. The Hall–Kier alpha value is -1.96. The smallest absolute Gasteiger partial charge is 0.250 e. The molecule has 2 amide bonds. The second-order valence-electron chi connectivity index (χ2n) is 4.09. The molecule has 7 heteroatoms. The van der Waals surface area contributed by atoms with Crippen LogP contribution in [0.4, 0.5) is 5.69 Å². The minimum Gasteiger partial charge on any atom is -0.395 e. The van der Waals surface area contributed by atoms with Crippen molar-refractivity contribution in [1.82, 2.24) is 5.32 Å². The molecule has 1 aromatic carbocycles. The minimum atomic E-state index is -0.300. The van der Waals surface area contributed by atoms with E-state index < -0.39 is 0 Å². The molecule has 0 aliphatic heterocycles. The monoisotopic (exact) mass is 296 g/mol. The molecular weight excluding hydrogens is 276 g/mol. The molecule has 0 heterocycles. The van der Waals surface area contributed by atoms with Crippen LogP contribution in [0.15, 0.2) is 30.3 Å². The van der Waals surface area contributed by atoms with Crippen LogP contribution in [0.2, 0.25) is 0 Å². The molecular formula is C14H20N2O5. The van der Waals surface area contributed by atoms with Gasteiger partial charge in [0, 0.05) is 12.2 Å². The average Bonchev–Trinajstić information content (AvgIpc) is 2.49. The van der Waals surface area contributed by atoms with Crippen molar-refractivity contribution in [3.63, 3.8) is 0 Å². The van der Waals surface area contributed by atoms with Crippen LogP contribution in [-0.2, 0) is 19.1 Å². The Morgan fingerprint density at radius 1 is 1.00 bits per heavy atom. The van der Waals surface area contributed by atoms with E-state index in [-0.39, 0.29) is 51.4 Å². The highest BCUT2D eigenvalue weighted by Gasteiger charge is 2.03. The topological polar surface area (TPSA) is 96.9 Å². The summed E-state index contributed by atoms with van der Waals surface area (Å²) >= 11 is 0. The van der Waals surface area contributed by atoms with Gasteiger partial charge in [-0.3, -0.25) is 9.59 Å². The Labute approximate surface area is 123 Å². The van der Waals surface area contributed by atoms with E-state index in [2.05, 4.69) is 10.6 Å². The van der Waals surface area contributed by atoms with Crippen molar-refractivity contribution < 1.29 is 24.2 Å². The van der Waals surface area contributed by atoms with Gasteiger partial charge in [-0.1, -0.05) is 18.2 Å². The number of aliphatic hydroxyl groups is 1. The molecule has 0 atom stereocenters. The predicted octanol–water partition coefficient (Wildman–Crippen LogP) is -0.233. The fourth-order valence-corrected chi connectivity index (χ4v) is 1.41. The summed E-state index contributed by atoms with van der Waals surface area (Å²) in [4.78, 5) is 22.6. The highest BCUT2D eigenvalue weighted by atomic mass is 16.5. The Kier molecular flexibility index (Phi) is 8.78. The van der Waals surface area contributed by atoms with Crippen molar-refractivity contribution in [2.45, 2.75) is 0 Å². The molecule has 0 radical (unpaired) electrons. The minimum absolute atomic E-state index is 0.0744. The van der Waals surface area contributed by atoms with Crippen LogP contribution in [0.5, 0.6) is 0 Å². The first kappa shape index (κ1) is 17.1. The molecule has 3 N–H and O–H groups in total. The summed E-state index contributed by atoms with van der Waals surface area (Å²) in [6.07, 6.45) is 0. The number of amides is 2. The highest BCUT2D eigenvalue weighted by Crippen LogP contribution is 2.04. The van der Waals surface area contributed by atoms with Gasteiger partial charge in [0.05, 0.1) is 19.8 Å². The summed E-state index contributed by atoms with van der Waals surface area (Å²) in [5.41, 5.74) is 0.711. The normalized spacial score (nSPS) is 10.1. The van der Waals surface area contributed by atoms with E-state index in [0.29, 0.717) is 5.69 Å².